The van der Waals surface area contributed by atoms with Crippen LogP contribution in [0.25, 0.3) is 0 Å². The second-order valence-electron chi connectivity index (χ2n) is 0.951. The van der Waals surface area contributed by atoms with Gasteiger partial charge in [-0.05, 0) is 6.92 Å². The number of rotatable bonds is 1. The molecule has 1 N–H and O–H groups in total. The van der Waals surface area contributed by atoms with E-state index in [1.54, 1.807) is 6.08 Å². The monoisotopic (exact) mass is 130 g/mol. The van der Waals surface area contributed by atoms with Gasteiger partial charge in [0.05, 0.1) is 0 Å². The zero-order chi connectivity index (χ0) is 6.99. The van der Waals surface area contributed by atoms with Crippen molar-refractivity contribution in [1.82, 2.24) is 0 Å². The van der Waals surface area contributed by atoms with E-state index in [0.29, 0.717) is 0 Å². The van der Waals surface area contributed by atoms with E-state index in [9.17, 15) is 4.79 Å². The van der Waals surface area contributed by atoms with Crippen LogP contribution in [0.2, 0.25) is 0 Å². The largest absolute Gasteiger partial charge is 0.478 e. The zero-order valence-electron chi connectivity index (χ0n) is 4.92. The molecule has 0 unspecified atom stereocenters. The van der Waals surface area contributed by atoms with E-state index in [1.807, 2.05) is 6.92 Å². The van der Waals surface area contributed by atoms with Gasteiger partial charge in [-0.25, -0.2) is 4.79 Å². The van der Waals surface area contributed by atoms with Gasteiger partial charge < -0.3 is 5.11 Å². The van der Waals surface area contributed by atoms with Gasteiger partial charge in [-0.15, -0.1) is 6.58 Å². The van der Waals surface area contributed by atoms with Crippen molar-refractivity contribution in [1.29, 1.82) is 0 Å². The Hall–Kier alpha value is -1.05. The van der Waals surface area contributed by atoms with Crippen molar-refractivity contribution < 1.29 is 9.90 Å². The van der Waals surface area contributed by atoms with Crippen LogP contribution in [0.3, 0.4) is 0 Å². The predicted molar refractivity (Wildman–Crippen MR) is 40.4 cm³/mol. The lowest BCUT2D eigenvalue weighted by Gasteiger charge is -1.64. The van der Waals surface area contributed by atoms with Crippen molar-refractivity contribution in [3.63, 3.8) is 0 Å². The summed E-state index contributed by atoms with van der Waals surface area (Å²) in [5.41, 5.74) is 0. The first-order valence-electron chi connectivity index (χ1n) is 2.11. The molecule has 0 amide bonds. The second-order valence-corrected chi connectivity index (χ2v) is 0.951. The van der Waals surface area contributed by atoms with Crippen LogP contribution in [0.4, 0.5) is 0 Å². The van der Waals surface area contributed by atoms with Crippen LogP contribution in [0.5, 0.6) is 0 Å². The SMILES string of the molecule is C.C=CC.C=CC(=O)O. The zero-order valence-corrected chi connectivity index (χ0v) is 4.92. The Kier molecular flexibility index (Phi) is 27.5. The average Bonchev–Trinajstić information content (AvgIpc) is 1.69. The molecule has 0 aromatic carbocycles. The Morgan fingerprint density at radius 3 is 1.67 bits per heavy atom. The summed E-state index contributed by atoms with van der Waals surface area (Å²) in [7, 11) is 0. The van der Waals surface area contributed by atoms with Crippen LogP contribution < -0.4 is 0 Å². The van der Waals surface area contributed by atoms with Crippen LogP contribution in [0.15, 0.2) is 25.3 Å². The smallest absolute Gasteiger partial charge is 0.327 e. The summed E-state index contributed by atoms with van der Waals surface area (Å²) >= 11 is 0. The second kappa shape index (κ2) is 15.8. The van der Waals surface area contributed by atoms with Gasteiger partial charge in [0.25, 0.3) is 0 Å². The van der Waals surface area contributed by atoms with E-state index in [-0.39, 0.29) is 7.43 Å². The third kappa shape index (κ3) is 189. The minimum Gasteiger partial charge on any atom is -0.478 e. The molecule has 0 bridgehead atoms. The summed E-state index contributed by atoms with van der Waals surface area (Å²) in [6.45, 7) is 8.21. The molecule has 0 aliphatic rings. The third-order valence-corrected chi connectivity index (χ3v) is 0.175. The highest BCUT2D eigenvalue weighted by Crippen LogP contribution is 1.54. The van der Waals surface area contributed by atoms with Gasteiger partial charge in [0.1, 0.15) is 0 Å². The van der Waals surface area contributed by atoms with E-state index in [0.717, 1.165) is 6.08 Å². The lowest BCUT2D eigenvalue weighted by atomic mass is 10.7. The quantitative estimate of drug-likeness (QED) is 0.436. The summed E-state index contributed by atoms with van der Waals surface area (Å²) in [5, 5.41) is 7.60. The lowest BCUT2D eigenvalue weighted by molar-refractivity contribution is -0.131. The number of carboxylic acid groups (broad SMARTS) is 1. The number of aliphatic carboxylic acids is 1. The van der Waals surface area contributed by atoms with E-state index in [2.05, 4.69) is 13.2 Å². The predicted octanol–water partition coefficient (Wildman–Crippen LogP) is 2.09. The van der Waals surface area contributed by atoms with Gasteiger partial charge in [-0.3, -0.25) is 0 Å². The minimum absolute atomic E-state index is 0. The number of allylic oxidation sites excluding steroid dienone is 1. The normalized spacial score (nSPS) is 5.00. The van der Waals surface area contributed by atoms with Crippen molar-refractivity contribution in [3.8, 4) is 0 Å². The van der Waals surface area contributed by atoms with Crippen LogP contribution in [0.1, 0.15) is 14.4 Å². The number of hydrogen-bond donors (Lipinski definition) is 1. The van der Waals surface area contributed by atoms with Crippen LogP contribution in [-0.2, 0) is 4.79 Å². The van der Waals surface area contributed by atoms with Crippen molar-refractivity contribution in [2.75, 3.05) is 0 Å². The lowest BCUT2D eigenvalue weighted by Crippen LogP contribution is -1.82. The Bertz CT molecular complexity index is 84.9. The Balaban J connectivity index is -0.0000000800. The Morgan fingerprint density at radius 2 is 1.67 bits per heavy atom. The summed E-state index contributed by atoms with van der Waals surface area (Å²) in [5.74, 6) is -0.981. The highest BCUT2D eigenvalue weighted by molar-refractivity contribution is 5.78. The van der Waals surface area contributed by atoms with E-state index >= 15 is 0 Å². The van der Waals surface area contributed by atoms with Crippen LogP contribution in [0, 0.1) is 0 Å². The topological polar surface area (TPSA) is 37.3 Å². The average molecular weight is 130 g/mol. The third-order valence-electron chi connectivity index (χ3n) is 0.175. The molecule has 0 aliphatic heterocycles. The Labute approximate surface area is 56.5 Å². The van der Waals surface area contributed by atoms with Gasteiger partial charge >= 0.3 is 5.97 Å². The summed E-state index contributed by atoms with van der Waals surface area (Å²) < 4.78 is 0. The summed E-state index contributed by atoms with van der Waals surface area (Å²) in [6, 6.07) is 0. The maximum absolute atomic E-state index is 9.25. The number of hydrogen-bond acceptors (Lipinski definition) is 1. The van der Waals surface area contributed by atoms with Gasteiger partial charge in [-0.2, -0.15) is 0 Å². The van der Waals surface area contributed by atoms with Crippen molar-refractivity contribution in [2.24, 2.45) is 0 Å². The van der Waals surface area contributed by atoms with E-state index in [4.69, 9.17) is 5.11 Å². The first-order chi connectivity index (χ1) is 3.68. The maximum atomic E-state index is 9.25. The minimum atomic E-state index is -0.981. The number of carboxylic acids is 1. The molecule has 0 aromatic rings. The molecule has 0 saturated heterocycles. The molecule has 0 saturated carbocycles. The molecule has 0 spiro atoms. The molecule has 0 radical (unpaired) electrons. The van der Waals surface area contributed by atoms with Gasteiger partial charge in [0.2, 0.25) is 0 Å². The summed E-state index contributed by atoms with van der Waals surface area (Å²) in [4.78, 5) is 9.25. The molecule has 54 valence electrons. The fraction of sp³-hybridized carbons (Fsp3) is 0.286. The first kappa shape index (κ1) is 15.7. The van der Waals surface area contributed by atoms with E-state index < -0.39 is 5.97 Å². The molecule has 9 heavy (non-hydrogen) atoms. The molecule has 0 heterocycles. The molecule has 0 fully saturated rings. The van der Waals surface area contributed by atoms with Crippen LogP contribution >= 0.6 is 0 Å². The molecule has 0 atom stereocenters. The fourth-order valence-corrected chi connectivity index (χ4v) is 0. The molecule has 2 heteroatoms. The molecule has 2 nitrogen and oxygen atoms in total. The Morgan fingerprint density at radius 1 is 1.56 bits per heavy atom. The van der Waals surface area contributed by atoms with Crippen molar-refractivity contribution in [2.45, 2.75) is 14.4 Å². The highest BCUT2D eigenvalue weighted by Gasteiger charge is 1.73. The number of carbonyl (C=O) groups is 1. The molecule has 0 aliphatic carbocycles. The molecule has 0 rings (SSSR count). The van der Waals surface area contributed by atoms with Crippen LogP contribution in [-0.4, -0.2) is 11.1 Å². The van der Waals surface area contributed by atoms with Crippen molar-refractivity contribution >= 4 is 5.97 Å². The first-order valence-corrected chi connectivity index (χ1v) is 2.11. The maximum Gasteiger partial charge on any atom is 0.327 e. The van der Waals surface area contributed by atoms with E-state index in [1.165, 1.54) is 0 Å². The van der Waals surface area contributed by atoms with Gasteiger partial charge in [0.15, 0.2) is 0 Å². The van der Waals surface area contributed by atoms with Gasteiger partial charge in [-0.1, -0.05) is 20.1 Å². The molecular weight excluding hydrogens is 116 g/mol. The molecular formula is C7H14O2. The highest BCUT2D eigenvalue weighted by atomic mass is 16.4. The standard InChI is InChI=1S/C3H4O2.C3H6.CH4/c1-2-3(4)5;1-3-2;/h2H,1H2,(H,4,5);3H,1H2,2H3;1H4. The summed E-state index contributed by atoms with van der Waals surface area (Å²) in [6.07, 6.45) is 2.58. The van der Waals surface area contributed by atoms with Crippen molar-refractivity contribution in [3.05, 3.63) is 25.3 Å². The van der Waals surface area contributed by atoms with Gasteiger partial charge in [0, 0.05) is 6.08 Å². The molecule has 0 aromatic heterocycles. The fourth-order valence-electron chi connectivity index (χ4n) is 0.